The zero-order valence-corrected chi connectivity index (χ0v) is 13.4. The van der Waals surface area contributed by atoms with Crippen LogP contribution >= 0.6 is 0 Å². The van der Waals surface area contributed by atoms with E-state index in [9.17, 15) is 19.5 Å². The average Bonchev–Trinajstić information content (AvgIpc) is 2.58. The topological polar surface area (TPSA) is 77.9 Å². The van der Waals surface area contributed by atoms with E-state index in [0.717, 1.165) is 0 Å². The number of carbonyl (C=O) groups is 3. The van der Waals surface area contributed by atoms with E-state index in [1.54, 1.807) is 38.1 Å². The number of amides is 3. The number of imide groups is 1. The first kappa shape index (κ1) is 14.8. The Morgan fingerprint density at radius 2 is 1.38 bits per heavy atom. The van der Waals surface area contributed by atoms with Crippen LogP contribution in [0.2, 0.25) is 0 Å². The monoisotopic (exact) mass is 324 g/mol. The first-order chi connectivity index (χ1) is 11.5. The molecule has 1 atom stereocenters. The van der Waals surface area contributed by atoms with Crippen LogP contribution in [0.1, 0.15) is 56.7 Å². The van der Waals surface area contributed by atoms with Gasteiger partial charge in [-0.2, -0.15) is 0 Å². The summed E-state index contributed by atoms with van der Waals surface area (Å²) in [7, 11) is 0. The van der Waals surface area contributed by atoms with E-state index in [1.807, 2.05) is 0 Å². The van der Waals surface area contributed by atoms with Crippen LogP contribution in [0.15, 0.2) is 24.3 Å². The highest BCUT2D eigenvalue weighted by Crippen LogP contribution is 2.40. The molecule has 1 N–H and O–H groups in total. The summed E-state index contributed by atoms with van der Waals surface area (Å²) in [5.41, 5.74) is 1.77. The molecule has 0 bridgehead atoms. The Kier molecular flexibility index (Phi) is 3.02. The highest BCUT2D eigenvalue weighted by atomic mass is 16.3. The number of hydrogen-bond acceptors (Lipinski definition) is 4. The molecule has 0 aromatic heterocycles. The second-order valence-electron chi connectivity index (χ2n) is 5.93. The molecular formula is C18H16N2O4. The third-order valence-electron chi connectivity index (χ3n) is 4.87. The lowest BCUT2D eigenvalue weighted by Crippen LogP contribution is -2.42. The molecule has 2 heterocycles. The molecule has 24 heavy (non-hydrogen) atoms. The Hall–Kier alpha value is -2.73. The molecule has 0 aliphatic carbocycles. The molecule has 2 aromatic rings. The molecule has 1 unspecified atom stereocenters. The van der Waals surface area contributed by atoms with Gasteiger partial charge in [0.1, 0.15) is 0 Å². The number of aliphatic hydroxyl groups excluding tert-OH is 1. The highest BCUT2D eigenvalue weighted by molar-refractivity contribution is 6.28. The molecule has 0 saturated carbocycles. The van der Waals surface area contributed by atoms with Gasteiger partial charge >= 0.3 is 0 Å². The number of rotatable bonds is 2. The lowest BCUT2D eigenvalue weighted by molar-refractivity contribution is 0.00736. The maximum atomic E-state index is 12.6. The van der Waals surface area contributed by atoms with Crippen LogP contribution in [-0.2, 0) is 0 Å². The molecular weight excluding hydrogens is 308 g/mol. The van der Waals surface area contributed by atoms with Crippen molar-refractivity contribution in [3.8, 4) is 0 Å². The summed E-state index contributed by atoms with van der Waals surface area (Å²) in [4.78, 5) is 40.4. The van der Waals surface area contributed by atoms with E-state index < -0.39 is 6.23 Å². The van der Waals surface area contributed by atoms with Crippen molar-refractivity contribution in [1.29, 1.82) is 0 Å². The molecule has 0 radical (unpaired) electrons. The fourth-order valence-electron chi connectivity index (χ4n) is 3.69. The van der Waals surface area contributed by atoms with Gasteiger partial charge < -0.3 is 10.0 Å². The molecule has 2 aliphatic heterocycles. The van der Waals surface area contributed by atoms with Crippen molar-refractivity contribution >= 4 is 28.5 Å². The van der Waals surface area contributed by atoms with Crippen molar-refractivity contribution in [1.82, 2.24) is 9.80 Å². The first-order valence-electron chi connectivity index (χ1n) is 7.96. The lowest BCUT2D eigenvalue weighted by Gasteiger charge is -2.35. The number of carbonyl (C=O) groups excluding carboxylic acids is 3. The Labute approximate surface area is 138 Å². The van der Waals surface area contributed by atoms with Crippen molar-refractivity contribution in [2.75, 3.05) is 13.1 Å². The first-order valence-corrected chi connectivity index (χ1v) is 7.96. The number of hydrogen-bond donors (Lipinski definition) is 1. The van der Waals surface area contributed by atoms with Gasteiger partial charge in [0.2, 0.25) is 0 Å². The van der Waals surface area contributed by atoms with Crippen LogP contribution in [-0.4, -0.2) is 45.7 Å². The van der Waals surface area contributed by atoms with E-state index in [2.05, 4.69) is 0 Å². The summed E-state index contributed by atoms with van der Waals surface area (Å²) in [5, 5.41) is 11.5. The Balaban J connectivity index is 2.12. The Bertz CT molecular complexity index is 912. The van der Waals surface area contributed by atoms with Gasteiger partial charge in [-0.15, -0.1) is 0 Å². The zero-order chi connectivity index (χ0) is 17.2. The molecule has 2 aliphatic rings. The second kappa shape index (κ2) is 4.88. The summed E-state index contributed by atoms with van der Waals surface area (Å²) in [6.07, 6.45) is -1.08. The summed E-state index contributed by atoms with van der Waals surface area (Å²) in [6, 6.07) is 6.52. The zero-order valence-electron chi connectivity index (χ0n) is 13.4. The van der Waals surface area contributed by atoms with Crippen molar-refractivity contribution < 1.29 is 19.5 Å². The quantitative estimate of drug-likeness (QED) is 0.856. The third-order valence-corrected chi connectivity index (χ3v) is 4.87. The van der Waals surface area contributed by atoms with Gasteiger partial charge in [0.25, 0.3) is 17.7 Å². The largest absolute Gasteiger partial charge is 0.369 e. The van der Waals surface area contributed by atoms with Crippen molar-refractivity contribution in [2.45, 2.75) is 20.1 Å². The van der Waals surface area contributed by atoms with Gasteiger partial charge in [0.15, 0.2) is 6.23 Å². The minimum atomic E-state index is -1.08. The molecule has 3 amide bonds. The highest BCUT2D eigenvalue weighted by Gasteiger charge is 2.38. The fraction of sp³-hybridized carbons (Fsp3) is 0.278. The minimum Gasteiger partial charge on any atom is -0.369 e. The second-order valence-corrected chi connectivity index (χ2v) is 5.93. The summed E-state index contributed by atoms with van der Waals surface area (Å²) in [5.74, 6) is -1.02. The smallest absolute Gasteiger partial charge is 0.261 e. The standard InChI is InChI=1S/C18H16N2O4/c1-3-19-15(21)9-5-7-11-14-12(18(24)20(4-2)17(11)23)8-6-10(13(9)14)16(19)22/h5-8,15,21H,3-4H2,1-2H3. The number of aliphatic hydroxyl groups is 1. The van der Waals surface area contributed by atoms with Crippen LogP contribution in [0.25, 0.3) is 10.8 Å². The molecule has 0 saturated heterocycles. The van der Waals surface area contributed by atoms with E-state index in [0.29, 0.717) is 39.6 Å². The van der Waals surface area contributed by atoms with Gasteiger partial charge in [-0.05, 0) is 32.0 Å². The summed E-state index contributed by atoms with van der Waals surface area (Å²) < 4.78 is 0. The van der Waals surface area contributed by atoms with Crippen LogP contribution in [0.4, 0.5) is 0 Å². The molecule has 122 valence electrons. The van der Waals surface area contributed by atoms with Crippen LogP contribution in [0, 0.1) is 0 Å². The van der Waals surface area contributed by atoms with Gasteiger partial charge in [0.05, 0.1) is 0 Å². The Morgan fingerprint density at radius 1 is 0.833 bits per heavy atom. The fourth-order valence-corrected chi connectivity index (χ4v) is 3.69. The van der Waals surface area contributed by atoms with Crippen LogP contribution in [0.5, 0.6) is 0 Å². The number of nitrogens with zero attached hydrogens (tertiary/aromatic N) is 2. The normalized spacial score (nSPS) is 19.5. The van der Waals surface area contributed by atoms with Crippen molar-refractivity contribution in [2.24, 2.45) is 0 Å². The average molecular weight is 324 g/mol. The van der Waals surface area contributed by atoms with Crippen molar-refractivity contribution in [3.05, 3.63) is 46.5 Å². The van der Waals surface area contributed by atoms with Crippen molar-refractivity contribution in [3.63, 3.8) is 0 Å². The molecule has 6 nitrogen and oxygen atoms in total. The van der Waals surface area contributed by atoms with Gasteiger partial charge in [-0.1, -0.05) is 6.07 Å². The Morgan fingerprint density at radius 3 is 1.92 bits per heavy atom. The third kappa shape index (κ3) is 1.61. The maximum Gasteiger partial charge on any atom is 0.261 e. The maximum absolute atomic E-state index is 12.6. The predicted molar refractivity (Wildman–Crippen MR) is 86.7 cm³/mol. The molecule has 4 rings (SSSR count). The van der Waals surface area contributed by atoms with Gasteiger partial charge in [-0.25, -0.2) is 0 Å². The minimum absolute atomic E-state index is 0.285. The van der Waals surface area contributed by atoms with E-state index in [-0.39, 0.29) is 24.3 Å². The van der Waals surface area contributed by atoms with E-state index in [4.69, 9.17) is 0 Å². The predicted octanol–water partition coefficient (Wildman–Crippen LogP) is 1.92. The SMILES string of the molecule is CCN1C(=O)c2ccc3c4c(ccc(c24)C1=O)C(O)N(CC)C3=O. The molecule has 0 spiro atoms. The lowest BCUT2D eigenvalue weighted by atomic mass is 9.85. The molecule has 2 aromatic carbocycles. The van der Waals surface area contributed by atoms with E-state index in [1.165, 1.54) is 9.80 Å². The van der Waals surface area contributed by atoms with E-state index >= 15 is 0 Å². The summed E-state index contributed by atoms with van der Waals surface area (Å²) >= 11 is 0. The summed E-state index contributed by atoms with van der Waals surface area (Å²) in [6.45, 7) is 4.19. The van der Waals surface area contributed by atoms with Gasteiger partial charge in [-0.3, -0.25) is 19.3 Å². The van der Waals surface area contributed by atoms with Crippen LogP contribution < -0.4 is 0 Å². The van der Waals surface area contributed by atoms with Gasteiger partial charge in [0, 0.05) is 46.1 Å². The van der Waals surface area contributed by atoms with Crippen LogP contribution in [0.3, 0.4) is 0 Å². The molecule has 0 fully saturated rings. The number of benzene rings is 2. The molecule has 6 heteroatoms.